The van der Waals surface area contributed by atoms with Crippen LogP contribution < -0.4 is 14.9 Å². The SMILES string of the molecule is O=S(=O)(NC1CCCCC1)c1ccc(Nc2nccc(N3CCCc4c(O)cccc43)n2)cc1. The van der Waals surface area contributed by atoms with Crippen molar-refractivity contribution in [2.24, 2.45) is 0 Å². The first-order valence-corrected chi connectivity index (χ1v) is 13.3. The lowest BCUT2D eigenvalue weighted by atomic mass is 9.96. The molecule has 0 spiro atoms. The van der Waals surface area contributed by atoms with E-state index in [0.717, 1.165) is 62.1 Å². The fraction of sp³-hybridized carbons (Fsp3) is 0.360. The first kappa shape index (κ1) is 22.6. The lowest BCUT2D eigenvalue weighted by Gasteiger charge is -2.30. The van der Waals surface area contributed by atoms with Crippen molar-refractivity contribution in [1.29, 1.82) is 0 Å². The van der Waals surface area contributed by atoms with E-state index in [1.807, 2.05) is 18.2 Å². The summed E-state index contributed by atoms with van der Waals surface area (Å²) in [6, 6.07) is 14.0. The highest BCUT2D eigenvalue weighted by Gasteiger charge is 2.23. The van der Waals surface area contributed by atoms with Crippen molar-refractivity contribution in [1.82, 2.24) is 14.7 Å². The number of rotatable bonds is 6. The van der Waals surface area contributed by atoms with E-state index in [9.17, 15) is 13.5 Å². The van der Waals surface area contributed by atoms with Crippen molar-refractivity contribution in [3.05, 3.63) is 60.3 Å². The maximum Gasteiger partial charge on any atom is 0.240 e. The summed E-state index contributed by atoms with van der Waals surface area (Å²) < 4.78 is 28.3. The zero-order valence-corrected chi connectivity index (χ0v) is 19.8. The van der Waals surface area contributed by atoms with Gasteiger partial charge < -0.3 is 15.3 Å². The monoisotopic (exact) mass is 479 g/mol. The standard InChI is InChI=1S/C25H29N5O3S/c31-23-10-4-9-22-21(23)8-5-17-30(22)24-15-16-26-25(28-24)27-18-11-13-20(14-12-18)34(32,33)29-19-6-2-1-3-7-19/h4,9-16,19,29,31H,1-3,5-8,17H2,(H,26,27,28). The van der Waals surface area contributed by atoms with E-state index in [-0.39, 0.29) is 10.9 Å². The lowest BCUT2D eigenvalue weighted by molar-refractivity contribution is 0.412. The van der Waals surface area contributed by atoms with E-state index in [2.05, 4.69) is 24.9 Å². The third-order valence-electron chi connectivity index (χ3n) is 6.49. The van der Waals surface area contributed by atoms with Gasteiger partial charge in [0.05, 0.1) is 4.90 Å². The quantitative estimate of drug-likeness (QED) is 0.473. The number of phenols is 1. The zero-order chi connectivity index (χ0) is 23.5. The minimum absolute atomic E-state index is 0.0227. The van der Waals surface area contributed by atoms with Gasteiger partial charge in [-0.25, -0.2) is 18.1 Å². The van der Waals surface area contributed by atoms with E-state index < -0.39 is 10.0 Å². The third kappa shape index (κ3) is 4.85. The van der Waals surface area contributed by atoms with Gasteiger partial charge in [-0.3, -0.25) is 0 Å². The van der Waals surface area contributed by atoms with Crippen molar-refractivity contribution in [2.75, 3.05) is 16.8 Å². The Morgan fingerprint density at radius 1 is 0.971 bits per heavy atom. The second-order valence-electron chi connectivity index (χ2n) is 8.87. The Hall–Kier alpha value is -3.17. The number of nitrogens with one attached hydrogen (secondary N) is 2. The van der Waals surface area contributed by atoms with E-state index in [4.69, 9.17) is 0 Å². The van der Waals surface area contributed by atoms with Crippen molar-refractivity contribution < 1.29 is 13.5 Å². The number of anilines is 4. The molecule has 1 fully saturated rings. The smallest absolute Gasteiger partial charge is 0.240 e. The molecule has 2 aliphatic rings. The van der Waals surface area contributed by atoms with Crippen LogP contribution >= 0.6 is 0 Å². The van der Waals surface area contributed by atoms with Crippen LogP contribution in [0.4, 0.5) is 23.1 Å². The molecule has 0 saturated heterocycles. The van der Waals surface area contributed by atoms with Gasteiger partial charge in [0.2, 0.25) is 16.0 Å². The molecule has 178 valence electrons. The summed E-state index contributed by atoms with van der Waals surface area (Å²) in [7, 11) is -3.54. The summed E-state index contributed by atoms with van der Waals surface area (Å²) in [5.74, 6) is 1.46. The van der Waals surface area contributed by atoms with Crippen LogP contribution in [0.25, 0.3) is 0 Å². The van der Waals surface area contributed by atoms with Crippen molar-refractivity contribution in [2.45, 2.75) is 55.9 Å². The van der Waals surface area contributed by atoms with Crippen molar-refractivity contribution in [3.8, 4) is 5.75 Å². The summed E-state index contributed by atoms with van der Waals surface area (Å²) in [5.41, 5.74) is 2.59. The Bertz CT molecular complexity index is 1260. The highest BCUT2D eigenvalue weighted by molar-refractivity contribution is 7.89. The molecule has 1 aliphatic heterocycles. The van der Waals surface area contributed by atoms with Gasteiger partial charge in [-0.2, -0.15) is 4.98 Å². The molecule has 0 amide bonds. The van der Waals surface area contributed by atoms with Crippen LogP contribution in [0.2, 0.25) is 0 Å². The minimum Gasteiger partial charge on any atom is -0.508 e. The van der Waals surface area contributed by atoms with E-state index in [0.29, 0.717) is 17.4 Å². The molecule has 0 unspecified atom stereocenters. The minimum atomic E-state index is -3.54. The maximum atomic E-state index is 12.7. The number of hydrogen-bond donors (Lipinski definition) is 3. The molecule has 1 aromatic heterocycles. The molecule has 1 saturated carbocycles. The maximum absolute atomic E-state index is 12.7. The van der Waals surface area contributed by atoms with Gasteiger partial charge in [-0.1, -0.05) is 25.3 Å². The number of benzene rings is 2. The van der Waals surface area contributed by atoms with Gasteiger partial charge in [0.15, 0.2) is 0 Å². The summed E-state index contributed by atoms with van der Waals surface area (Å²) in [6.07, 6.45) is 8.55. The van der Waals surface area contributed by atoms with Crippen LogP contribution in [-0.4, -0.2) is 36.1 Å². The normalized spacial score (nSPS) is 16.8. The largest absolute Gasteiger partial charge is 0.508 e. The molecule has 1 aliphatic carbocycles. The Morgan fingerprint density at radius 3 is 2.56 bits per heavy atom. The van der Waals surface area contributed by atoms with Gasteiger partial charge in [0.1, 0.15) is 11.6 Å². The molecule has 0 radical (unpaired) electrons. The molecule has 34 heavy (non-hydrogen) atoms. The average molecular weight is 480 g/mol. The first-order valence-electron chi connectivity index (χ1n) is 11.8. The number of aromatic hydroxyl groups is 1. The number of sulfonamides is 1. The Morgan fingerprint density at radius 2 is 1.76 bits per heavy atom. The fourth-order valence-corrected chi connectivity index (χ4v) is 6.06. The van der Waals surface area contributed by atoms with E-state index in [1.165, 1.54) is 6.42 Å². The molecular weight excluding hydrogens is 450 g/mol. The second-order valence-corrected chi connectivity index (χ2v) is 10.6. The number of aromatic nitrogens is 2. The molecule has 3 aromatic rings. The Kier molecular flexibility index (Phi) is 6.38. The predicted molar refractivity (Wildman–Crippen MR) is 132 cm³/mol. The molecule has 0 atom stereocenters. The molecule has 0 bridgehead atoms. The third-order valence-corrected chi connectivity index (χ3v) is 8.03. The lowest BCUT2D eigenvalue weighted by Crippen LogP contribution is -2.36. The number of hydrogen-bond acceptors (Lipinski definition) is 7. The number of phenolic OH excluding ortho intramolecular Hbond substituents is 1. The highest BCUT2D eigenvalue weighted by atomic mass is 32.2. The molecule has 2 aromatic carbocycles. The summed E-state index contributed by atoms with van der Waals surface area (Å²) in [4.78, 5) is 11.3. The molecule has 5 rings (SSSR count). The summed E-state index contributed by atoms with van der Waals surface area (Å²) in [6.45, 7) is 0.799. The average Bonchev–Trinajstić information content (AvgIpc) is 2.85. The number of nitrogens with zero attached hydrogens (tertiary/aromatic N) is 3. The van der Waals surface area contributed by atoms with Gasteiger partial charge in [-0.05, 0) is 68.1 Å². The van der Waals surface area contributed by atoms with E-state index in [1.54, 1.807) is 36.5 Å². The van der Waals surface area contributed by atoms with Crippen molar-refractivity contribution >= 4 is 33.2 Å². The van der Waals surface area contributed by atoms with Crippen molar-refractivity contribution in [3.63, 3.8) is 0 Å². The van der Waals surface area contributed by atoms with Gasteiger partial charge in [-0.15, -0.1) is 0 Å². The topological polar surface area (TPSA) is 107 Å². The van der Waals surface area contributed by atoms with Crippen LogP contribution in [-0.2, 0) is 16.4 Å². The molecule has 8 nitrogen and oxygen atoms in total. The second kappa shape index (κ2) is 9.60. The zero-order valence-electron chi connectivity index (χ0n) is 18.9. The molecule has 3 N–H and O–H groups in total. The van der Waals surface area contributed by atoms with Crippen LogP contribution in [0.5, 0.6) is 5.75 Å². The van der Waals surface area contributed by atoms with Gasteiger partial charge in [0, 0.05) is 35.7 Å². The van der Waals surface area contributed by atoms with Crippen LogP contribution in [0.3, 0.4) is 0 Å². The van der Waals surface area contributed by atoms with Crippen LogP contribution in [0.15, 0.2) is 59.6 Å². The Labute approximate surface area is 200 Å². The highest BCUT2D eigenvalue weighted by Crippen LogP contribution is 2.37. The van der Waals surface area contributed by atoms with Crippen LogP contribution in [0, 0.1) is 0 Å². The summed E-state index contributed by atoms with van der Waals surface area (Å²) in [5, 5.41) is 13.4. The molecule has 2 heterocycles. The number of fused-ring (bicyclic) bond motifs is 1. The van der Waals surface area contributed by atoms with E-state index >= 15 is 0 Å². The van der Waals surface area contributed by atoms with Gasteiger partial charge in [0.25, 0.3) is 0 Å². The first-order chi connectivity index (χ1) is 16.5. The fourth-order valence-electron chi connectivity index (χ4n) is 4.76. The Balaban J connectivity index is 1.31. The van der Waals surface area contributed by atoms with Gasteiger partial charge >= 0.3 is 0 Å². The predicted octanol–water partition coefficient (Wildman–Crippen LogP) is 4.62. The molecule has 9 heteroatoms. The molecular formula is C25H29N5O3S. The summed E-state index contributed by atoms with van der Waals surface area (Å²) >= 11 is 0. The van der Waals surface area contributed by atoms with Crippen LogP contribution in [0.1, 0.15) is 44.1 Å².